The smallest absolute Gasteiger partial charge is 1.00 e. The second-order valence-corrected chi connectivity index (χ2v) is 0.283. The molecule has 6 heteroatoms. The average Bonchev–Trinajstić information content (AvgIpc) is 0.811. The van der Waals surface area contributed by atoms with Gasteiger partial charge in [-0.1, -0.05) is 0 Å². The first-order valence-electron chi connectivity index (χ1n) is 0.651. The molecule has 0 saturated heterocycles. The van der Waals surface area contributed by atoms with Crippen molar-refractivity contribution in [2.75, 3.05) is 0 Å². The molecule has 0 fully saturated rings. The number of rotatable bonds is 0. The fourth-order valence-electron chi connectivity index (χ4n) is 0. The van der Waals surface area contributed by atoms with Gasteiger partial charge in [0.05, 0.1) is 0 Å². The van der Waals surface area contributed by atoms with E-state index in [9.17, 15) is 0 Å². The molecule has 0 aromatic carbocycles. The zero-order valence-corrected chi connectivity index (χ0v) is 12.0. The summed E-state index contributed by atoms with van der Waals surface area (Å²) in [6.07, 6.45) is -1.83. The zero-order chi connectivity index (χ0) is 3.58. The van der Waals surface area contributed by atoms with Crippen LogP contribution in [0.2, 0.25) is 0 Å². The van der Waals surface area contributed by atoms with E-state index in [-0.39, 0.29) is 118 Å². The average molecular weight is 270 g/mol. The van der Waals surface area contributed by atoms with Gasteiger partial charge in [0.15, 0.2) is 0 Å². The summed E-state index contributed by atoms with van der Waals surface area (Å²) in [6.45, 7) is 0. The molecule has 0 saturated carbocycles. The number of carboxylic acid groups (broad SMARTS) is 2. The van der Waals surface area contributed by atoms with Gasteiger partial charge in [-0.3, -0.25) is 0 Å². The van der Waals surface area contributed by atoms with Crippen LogP contribution in [-0.4, -0.2) is 126 Å². The zero-order valence-electron chi connectivity index (χ0n) is 9.92. The Morgan fingerprint density at radius 3 is 1.43 bits per heavy atom. The van der Waals surface area contributed by atoms with Crippen LogP contribution in [0.3, 0.4) is 0 Å². The Bertz CT molecular complexity index is 50.9. The molecule has 36 valence electrons. The molecule has 2 N–H and O–H groups in total. The summed E-state index contributed by atoms with van der Waals surface area (Å²) in [5.41, 5.74) is 0. The van der Waals surface area contributed by atoms with Gasteiger partial charge in [-0.25, -0.2) is 4.79 Å². The molecule has 0 heterocycles. The molecular formula is CH8BaCaMgO3. The fourth-order valence-corrected chi connectivity index (χ4v) is 0. The summed E-state index contributed by atoms with van der Waals surface area (Å²) in [7, 11) is 0. The first-order valence-corrected chi connectivity index (χ1v) is 0.651. The van der Waals surface area contributed by atoms with E-state index in [2.05, 4.69) is 0 Å². The van der Waals surface area contributed by atoms with Gasteiger partial charge in [0.25, 0.3) is 0 Å². The van der Waals surface area contributed by atoms with E-state index >= 15 is 0 Å². The Morgan fingerprint density at radius 2 is 1.43 bits per heavy atom. The molecule has 0 aromatic rings. The van der Waals surface area contributed by atoms with Crippen LogP contribution < -0.4 is 0 Å². The summed E-state index contributed by atoms with van der Waals surface area (Å²) in [6, 6.07) is 0. The Labute approximate surface area is 136 Å². The van der Waals surface area contributed by atoms with Crippen LogP contribution in [0.5, 0.6) is 0 Å². The third kappa shape index (κ3) is 50.9. The predicted molar refractivity (Wildman–Crippen MR) is 34.6 cm³/mol. The number of hydrogen-bond donors (Lipinski definition) is 2. The molecule has 0 spiro atoms. The van der Waals surface area contributed by atoms with Crippen molar-refractivity contribution in [3.63, 3.8) is 0 Å². The van der Waals surface area contributed by atoms with Crippen LogP contribution in [0.25, 0.3) is 0 Å². The Balaban J connectivity index is -0.00000000125. The monoisotopic (exact) mass is 270 g/mol. The van der Waals surface area contributed by atoms with Crippen molar-refractivity contribution in [1.82, 2.24) is 0 Å². The quantitative estimate of drug-likeness (QED) is 0.597. The molecule has 7 heavy (non-hydrogen) atoms. The molecule has 0 atom stereocenters. The van der Waals surface area contributed by atoms with E-state index in [4.69, 9.17) is 15.0 Å². The van der Waals surface area contributed by atoms with Gasteiger partial charge in [0.1, 0.15) is 0 Å². The summed E-state index contributed by atoms with van der Waals surface area (Å²) < 4.78 is 0. The molecule has 0 amide bonds. The van der Waals surface area contributed by atoms with Crippen molar-refractivity contribution in [2.24, 2.45) is 0 Å². The molecule has 0 aliphatic heterocycles. The van der Waals surface area contributed by atoms with E-state index < -0.39 is 6.16 Å². The Kier molecular flexibility index (Phi) is 51.3. The van der Waals surface area contributed by atoms with Crippen molar-refractivity contribution in [3.8, 4) is 0 Å². The number of hydrogen-bond acceptors (Lipinski definition) is 1. The van der Waals surface area contributed by atoms with Gasteiger partial charge in [-0.15, -0.1) is 0 Å². The molecule has 0 radical (unpaired) electrons. The van der Waals surface area contributed by atoms with Gasteiger partial charge >= 0.3 is 116 Å². The summed E-state index contributed by atoms with van der Waals surface area (Å²) in [5.74, 6) is 0. The third-order valence-electron chi connectivity index (χ3n) is 0. The molecule has 0 unspecified atom stereocenters. The van der Waals surface area contributed by atoms with Gasteiger partial charge in [-0.05, 0) is 0 Å². The maximum Gasteiger partial charge on any atom is 2.00 e. The molecule has 0 aliphatic carbocycles. The van der Waals surface area contributed by atoms with Crippen LogP contribution >= 0.6 is 0 Å². The van der Waals surface area contributed by atoms with E-state index in [0.29, 0.717) is 0 Å². The maximum absolute atomic E-state index is 8.56. The second-order valence-electron chi connectivity index (χ2n) is 0.283. The molecule has 0 aromatic heterocycles. The van der Waals surface area contributed by atoms with Crippen molar-refractivity contribution in [1.29, 1.82) is 0 Å². The minimum absolute atomic E-state index is 0. The van der Waals surface area contributed by atoms with Crippen LogP contribution in [0, 0.1) is 0 Å². The molecule has 3 nitrogen and oxygen atoms in total. The van der Waals surface area contributed by atoms with E-state index in [1.807, 2.05) is 0 Å². The normalized spacial score (nSPS) is 3.43. The van der Waals surface area contributed by atoms with Gasteiger partial charge in [0.2, 0.25) is 0 Å². The van der Waals surface area contributed by atoms with E-state index in [1.54, 1.807) is 0 Å². The molecule has 0 rings (SSSR count). The summed E-state index contributed by atoms with van der Waals surface area (Å²) in [4.78, 5) is 8.56. The summed E-state index contributed by atoms with van der Waals surface area (Å²) in [5, 5.41) is 13.9. The summed E-state index contributed by atoms with van der Waals surface area (Å²) >= 11 is 0. The second kappa shape index (κ2) is 15.9. The first kappa shape index (κ1) is 22.5. The molecule has 0 bridgehead atoms. The largest absolute Gasteiger partial charge is 2.00 e. The van der Waals surface area contributed by atoms with Crippen LogP contribution in [0.1, 0.15) is 8.56 Å². The topological polar surface area (TPSA) is 57.5 Å². The van der Waals surface area contributed by atoms with E-state index in [0.717, 1.165) is 0 Å². The van der Waals surface area contributed by atoms with Crippen molar-refractivity contribution < 1.29 is 23.6 Å². The predicted octanol–water partition coefficient (Wildman–Crippen LogP) is -0.245. The Morgan fingerprint density at radius 1 is 1.43 bits per heavy atom. The third-order valence-corrected chi connectivity index (χ3v) is 0. The van der Waals surface area contributed by atoms with E-state index in [1.165, 1.54) is 0 Å². The minimum atomic E-state index is -1.83. The Hall–Kier alpha value is 2.87. The van der Waals surface area contributed by atoms with Crippen LogP contribution in [0.15, 0.2) is 0 Å². The standard InChI is InChI=1S/CH2O3.Ba.Ca.Mg.6H/c2-1(3)4;;;;;;;;;/h(H2,2,3,4);;;;;;;;;/q;3*+2;6*-1. The van der Waals surface area contributed by atoms with Gasteiger partial charge < -0.3 is 18.8 Å². The number of carbonyl (C=O) groups is 1. The van der Waals surface area contributed by atoms with Crippen LogP contribution in [-0.2, 0) is 0 Å². The molecular weight excluding hydrogens is 262 g/mol. The van der Waals surface area contributed by atoms with Gasteiger partial charge in [0, 0.05) is 0 Å². The first-order chi connectivity index (χ1) is 1.73. The fraction of sp³-hybridized carbons (Fsp3) is 0. The SMILES string of the molecule is O=C(O)O.[Ba+2].[Ca+2].[H-].[H-].[H-].[H-].[H-].[H-].[Mg+2]. The van der Waals surface area contributed by atoms with Crippen molar-refractivity contribution >= 4 is 116 Å². The molecule has 0 aliphatic rings. The van der Waals surface area contributed by atoms with Crippen molar-refractivity contribution in [2.45, 2.75) is 0 Å². The van der Waals surface area contributed by atoms with Crippen molar-refractivity contribution in [3.05, 3.63) is 0 Å². The van der Waals surface area contributed by atoms with Gasteiger partial charge in [-0.2, -0.15) is 0 Å². The van der Waals surface area contributed by atoms with Crippen LogP contribution in [0.4, 0.5) is 4.79 Å². The maximum atomic E-state index is 8.56. The minimum Gasteiger partial charge on any atom is -1.00 e.